The SMILES string of the molecule is CC1=Cc2c(ccc(C(C)C)c2C(C)C)C1C[Si]CC1C(C)=Cc2c1ccc(C(C)C)c2C(C)C. The zero-order valence-corrected chi connectivity index (χ0v) is 24.8. The first-order valence-electron chi connectivity index (χ1n) is 13.9. The van der Waals surface area contributed by atoms with Gasteiger partial charge < -0.3 is 0 Å². The lowest BCUT2D eigenvalue weighted by Gasteiger charge is -2.23. The summed E-state index contributed by atoms with van der Waals surface area (Å²) >= 11 is 0. The van der Waals surface area contributed by atoms with Crippen molar-refractivity contribution in [2.75, 3.05) is 0 Å². The first kappa shape index (κ1) is 26.2. The average molecular weight is 483 g/mol. The Morgan fingerprint density at radius 1 is 0.571 bits per heavy atom. The van der Waals surface area contributed by atoms with Crippen LogP contribution in [0.2, 0.25) is 12.1 Å². The molecule has 0 aromatic heterocycles. The minimum Gasteiger partial charge on any atom is -0.0655 e. The number of allylic oxidation sites excluding steroid dienone is 2. The van der Waals surface area contributed by atoms with Gasteiger partial charge in [0.15, 0.2) is 0 Å². The van der Waals surface area contributed by atoms with Gasteiger partial charge in [-0.2, -0.15) is 0 Å². The Labute approximate surface area is 218 Å². The van der Waals surface area contributed by atoms with E-state index in [4.69, 9.17) is 0 Å². The number of benzene rings is 2. The van der Waals surface area contributed by atoms with Crippen LogP contribution in [0.25, 0.3) is 12.2 Å². The largest absolute Gasteiger partial charge is 0.0655 e. The van der Waals surface area contributed by atoms with Crippen LogP contribution in [0.3, 0.4) is 0 Å². The monoisotopic (exact) mass is 482 g/mol. The Morgan fingerprint density at radius 3 is 1.26 bits per heavy atom. The van der Waals surface area contributed by atoms with Crippen LogP contribution in [0.15, 0.2) is 35.4 Å². The molecule has 0 saturated carbocycles. The average Bonchev–Trinajstić information content (AvgIpc) is 3.27. The van der Waals surface area contributed by atoms with Crippen LogP contribution in [-0.2, 0) is 0 Å². The lowest BCUT2D eigenvalue weighted by Crippen LogP contribution is -2.09. The van der Waals surface area contributed by atoms with Crippen LogP contribution >= 0.6 is 0 Å². The van der Waals surface area contributed by atoms with E-state index >= 15 is 0 Å². The lowest BCUT2D eigenvalue weighted by molar-refractivity contribution is 0.781. The summed E-state index contributed by atoms with van der Waals surface area (Å²) in [5.41, 5.74) is 15.7. The fourth-order valence-electron chi connectivity index (χ4n) is 6.63. The Kier molecular flexibility index (Phi) is 7.67. The predicted octanol–water partition coefficient (Wildman–Crippen LogP) is 10.4. The highest BCUT2D eigenvalue weighted by Gasteiger charge is 2.30. The molecule has 2 atom stereocenters. The summed E-state index contributed by atoms with van der Waals surface area (Å²) in [4.78, 5) is 0. The van der Waals surface area contributed by atoms with Crippen molar-refractivity contribution in [2.45, 2.75) is 117 Å². The van der Waals surface area contributed by atoms with E-state index in [1.54, 1.807) is 44.5 Å². The summed E-state index contributed by atoms with van der Waals surface area (Å²) in [5.74, 6) is 3.50. The van der Waals surface area contributed by atoms with Crippen molar-refractivity contribution in [3.8, 4) is 0 Å². The third kappa shape index (κ3) is 4.78. The van der Waals surface area contributed by atoms with Gasteiger partial charge in [-0.25, -0.2) is 0 Å². The molecule has 1 heteroatoms. The minimum absolute atomic E-state index is 0.571. The molecular weight excluding hydrogens is 436 g/mol. The maximum Gasteiger partial charge on any atom is 0.0397 e. The molecule has 0 saturated heterocycles. The van der Waals surface area contributed by atoms with Crippen LogP contribution < -0.4 is 0 Å². The Hall–Kier alpha value is -1.86. The first-order valence-corrected chi connectivity index (χ1v) is 15.3. The van der Waals surface area contributed by atoms with Gasteiger partial charge in [0.2, 0.25) is 0 Å². The van der Waals surface area contributed by atoms with E-state index in [-0.39, 0.29) is 0 Å². The smallest absolute Gasteiger partial charge is 0.0397 e. The number of fused-ring (bicyclic) bond motifs is 2. The van der Waals surface area contributed by atoms with Gasteiger partial charge in [0.1, 0.15) is 0 Å². The van der Waals surface area contributed by atoms with E-state index in [1.807, 2.05) is 0 Å². The molecule has 0 N–H and O–H groups in total. The Morgan fingerprint density at radius 2 is 0.943 bits per heavy atom. The maximum atomic E-state index is 2.52. The molecule has 0 fully saturated rings. The van der Waals surface area contributed by atoms with Crippen molar-refractivity contribution < 1.29 is 0 Å². The predicted molar refractivity (Wildman–Crippen MR) is 157 cm³/mol. The molecule has 4 rings (SSSR count). The second-order valence-corrected chi connectivity index (χ2v) is 13.6. The molecule has 2 aliphatic carbocycles. The second kappa shape index (κ2) is 10.2. The molecule has 0 spiro atoms. The maximum absolute atomic E-state index is 2.52. The van der Waals surface area contributed by atoms with Gasteiger partial charge in [-0.15, -0.1) is 0 Å². The standard InChI is InChI=1S/C34H46Si/c1-19(2)25-11-13-27-29(33(25)21(5)6)15-23(9)31(27)17-35-18-32-24(10)16-30-28(32)14-12-26(20(3)4)34(30)22(7)8/h11-16,19-22,31-32H,17-18H2,1-10H3. The second-order valence-electron chi connectivity index (χ2n) is 12.3. The van der Waals surface area contributed by atoms with Crippen LogP contribution in [0.4, 0.5) is 0 Å². The molecule has 2 radical (unpaired) electrons. The van der Waals surface area contributed by atoms with E-state index in [2.05, 4.69) is 106 Å². The zero-order valence-electron chi connectivity index (χ0n) is 23.8. The molecule has 0 amide bonds. The van der Waals surface area contributed by atoms with Gasteiger partial charge >= 0.3 is 0 Å². The van der Waals surface area contributed by atoms with Gasteiger partial charge in [-0.05, 0) is 82.0 Å². The summed E-state index contributed by atoms with van der Waals surface area (Å²) in [6.07, 6.45) is 5.04. The molecule has 186 valence electrons. The fraction of sp³-hybridized carbons (Fsp3) is 0.529. The van der Waals surface area contributed by atoms with Crippen molar-refractivity contribution in [1.29, 1.82) is 0 Å². The normalized spacial score (nSPS) is 19.1. The van der Waals surface area contributed by atoms with Gasteiger partial charge in [-0.3, -0.25) is 0 Å². The zero-order chi connectivity index (χ0) is 25.6. The van der Waals surface area contributed by atoms with Gasteiger partial charge in [0, 0.05) is 21.4 Å². The molecule has 0 aliphatic heterocycles. The quantitative estimate of drug-likeness (QED) is 0.328. The van der Waals surface area contributed by atoms with E-state index in [1.165, 1.54) is 23.2 Å². The molecule has 2 aromatic rings. The van der Waals surface area contributed by atoms with Crippen molar-refractivity contribution in [1.82, 2.24) is 0 Å². The molecule has 0 bridgehead atoms. The Bertz CT molecular complexity index is 1060. The van der Waals surface area contributed by atoms with E-state index in [0.717, 1.165) is 9.52 Å². The number of rotatable bonds is 8. The van der Waals surface area contributed by atoms with Crippen molar-refractivity contribution >= 4 is 21.7 Å². The minimum atomic E-state index is 0.571. The van der Waals surface area contributed by atoms with Crippen LogP contribution in [0.1, 0.15) is 149 Å². The molecule has 2 aromatic carbocycles. The third-order valence-electron chi connectivity index (χ3n) is 8.40. The van der Waals surface area contributed by atoms with Gasteiger partial charge in [-0.1, -0.05) is 115 Å². The summed E-state index contributed by atoms with van der Waals surface area (Å²) in [7, 11) is 0.982. The highest BCUT2D eigenvalue weighted by atomic mass is 28.2. The van der Waals surface area contributed by atoms with Crippen LogP contribution in [0, 0.1) is 0 Å². The van der Waals surface area contributed by atoms with Crippen molar-refractivity contribution in [3.63, 3.8) is 0 Å². The summed E-state index contributed by atoms with van der Waals surface area (Å²) in [6, 6.07) is 12.3. The van der Waals surface area contributed by atoms with E-state index in [9.17, 15) is 0 Å². The molecule has 0 heterocycles. The highest BCUT2D eigenvalue weighted by molar-refractivity contribution is 6.36. The van der Waals surface area contributed by atoms with E-state index in [0.29, 0.717) is 35.5 Å². The van der Waals surface area contributed by atoms with Gasteiger partial charge in [0.05, 0.1) is 0 Å². The van der Waals surface area contributed by atoms with E-state index < -0.39 is 0 Å². The molecule has 0 nitrogen and oxygen atoms in total. The summed E-state index contributed by atoms with van der Waals surface area (Å²) in [5, 5.41) is 0. The third-order valence-corrected chi connectivity index (χ3v) is 9.79. The molecular formula is C34H46Si. The van der Waals surface area contributed by atoms with Crippen molar-refractivity contribution in [2.24, 2.45) is 0 Å². The van der Waals surface area contributed by atoms with Crippen LogP contribution in [0.5, 0.6) is 0 Å². The number of hydrogen-bond donors (Lipinski definition) is 0. The molecule has 35 heavy (non-hydrogen) atoms. The lowest BCUT2D eigenvalue weighted by atomic mass is 9.84. The summed E-state index contributed by atoms with van der Waals surface area (Å²) in [6.45, 7) is 23.5. The summed E-state index contributed by atoms with van der Waals surface area (Å²) < 4.78 is 0. The Balaban J connectivity index is 1.55. The van der Waals surface area contributed by atoms with Crippen molar-refractivity contribution in [3.05, 3.63) is 79.9 Å². The molecule has 2 aliphatic rings. The first-order chi connectivity index (χ1) is 16.5. The molecule has 2 unspecified atom stereocenters. The van der Waals surface area contributed by atoms with Crippen LogP contribution in [-0.4, -0.2) is 9.52 Å². The highest BCUT2D eigenvalue weighted by Crippen LogP contribution is 2.47. The van der Waals surface area contributed by atoms with Gasteiger partial charge in [0.25, 0.3) is 0 Å². The fourth-order valence-corrected chi connectivity index (χ4v) is 8.45. The topological polar surface area (TPSA) is 0 Å². The number of hydrogen-bond acceptors (Lipinski definition) is 0.